The molecule has 0 spiro atoms. The zero-order chi connectivity index (χ0) is 15.7. The van der Waals surface area contributed by atoms with Crippen molar-refractivity contribution in [3.8, 4) is 0 Å². The molecule has 20 heavy (non-hydrogen) atoms. The number of Topliss-reactive ketones (excluding diaryl/α,β-unsaturated/α-hetero) is 1. The number of carbonyl (C=O) groups is 2. The fourth-order valence-corrected chi connectivity index (χ4v) is 3.49. The first-order valence-corrected chi connectivity index (χ1v) is 5.78. The Balaban J connectivity index is 2.46. The Morgan fingerprint density at radius 3 is 1.80 bits per heavy atom. The highest BCUT2D eigenvalue weighted by molar-refractivity contribution is 5.89. The highest BCUT2D eigenvalue weighted by Gasteiger charge is 2.93. The van der Waals surface area contributed by atoms with Crippen molar-refractivity contribution in [2.75, 3.05) is 6.54 Å². The van der Waals surface area contributed by atoms with Crippen LogP contribution in [0.5, 0.6) is 0 Å². The summed E-state index contributed by atoms with van der Waals surface area (Å²) < 4.78 is 77.7. The van der Waals surface area contributed by atoms with E-state index in [9.17, 15) is 35.9 Å². The third-order valence-corrected chi connectivity index (χ3v) is 4.26. The van der Waals surface area contributed by atoms with Gasteiger partial charge in [0, 0.05) is 25.3 Å². The van der Waals surface area contributed by atoms with E-state index in [2.05, 4.69) is 0 Å². The number of fused-ring (bicyclic) bond motifs is 1. The molecular weight excluding hydrogens is 292 g/mol. The van der Waals surface area contributed by atoms with Crippen LogP contribution >= 0.6 is 0 Å². The molecule has 1 aliphatic carbocycles. The molecule has 1 heterocycles. The van der Waals surface area contributed by atoms with E-state index in [1.165, 1.54) is 0 Å². The molecule has 3 atom stereocenters. The summed E-state index contributed by atoms with van der Waals surface area (Å²) in [6, 6.07) is -1.65. The van der Waals surface area contributed by atoms with Gasteiger partial charge in [0.05, 0.1) is 6.04 Å². The van der Waals surface area contributed by atoms with E-state index < -0.39 is 53.9 Å². The molecule has 0 aromatic carbocycles. The molecule has 0 N–H and O–H groups in total. The number of likely N-dealkylation sites (tertiary alicyclic amines) is 1. The molecule has 1 saturated heterocycles. The molecule has 2 unspecified atom stereocenters. The summed E-state index contributed by atoms with van der Waals surface area (Å²) in [6.45, 7) is 1.23. The first-order chi connectivity index (χ1) is 8.87. The van der Waals surface area contributed by atoms with Gasteiger partial charge in [-0.15, -0.1) is 0 Å². The van der Waals surface area contributed by atoms with E-state index in [0.29, 0.717) is 0 Å². The summed E-state index contributed by atoms with van der Waals surface area (Å²) in [4.78, 5) is 23.5. The van der Waals surface area contributed by atoms with E-state index in [1.807, 2.05) is 0 Å². The van der Waals surface area contributed by atoms with E-state index in [0.717, 1.165) is 18.7 Å². The molecule has 2 rings (SSSR count). The van der Waals surface area contributed by atoms with Crippen molar-refractivity contribution in [1.29, 1.82) is 0 Å². The Morgan fingerprint density at radius 2 is 1.50 bits per heavy atom. The molecule has 114 valence electrons. The Bertz CT molecular complexity index is 455. The molecule has 1 aliphatic heterocycles. The maximum absolute atomic E-state index is 12.9. The van der Waals surface area contributed by atoms with Crippen molar-refractivity contribution >= 4 is 11.7 Å². The van der Waals surface area contributed by atoms with Crippen molar-refractivity contribution in [2.45, 2.75) is 32.2 Å². The van der Waals surface area contributed by atoms with Crippen LogP contribution in [0.1, 0.15) is 13.8 Å². The summed E-state index contributed by atoms with van der Waals surface area (Å²) in [7, 11) is 0. The van der Waals surface area contributed by atoms with Crippen molar-refractivity contribution in [1.82, 2.24) is 4.90 Å². The Morgan fingerprint density at radius 1 is 1.05 bits per heavy atom. The van der Waals surface area contributed by atoms with Crippen molar-refractivity contribution in [2.24, 2.45) is 17.3 Å². The van der Waals surface area contributed by atoms with Gasteiger partial charge >= 0.3 is 12.4 Å². The summed E-state index contributed by atoms with van der Waals surface area (Å²) in [6.07, 6.45) is -11.0. The number of alkyl halides is 6. The Kier molecular flexibility index (Phi) is 2.93. The third kappa shape index (κ3) is 1.61. The molecule has 0 aromatic heterocycles. The fourth-order valence-electron chi connectivity index (χ4n) is 3.49. The normalized spacial score (nSPS) is 32.0. The molecular formula is C11H11F6NO2. The minimum Gasteiger partial charge on any atom is -0.332 e. The lowest BCUT2D eigenvalue weighted by molar-refractivity contribution is -0.314. The number of hydrogen-bond donors (Lipinski definition) is 0. The largest absolute Gasteiger partial charge is 0.403 e. The molecule has 0 aromatic rings. The SMILES string of the molecule is CC(=O)[C@@H]1C2C(CN1C(C)=O)C2(C(F)(F)F)C(F)(F)F. The van der Waals surface area contributed by atoms with Gasteiger partial charge in [-0.25, -0.2) is 0 Å². The van der Waals surface area contributed by atoms with Crippen molar-refractivity contribution in [3.63, 3.8) is 0 Å². The summed E-state index contributed by atoms with van der Waals surface area (Å²) in [5, 5.41) is 0. The molecule has 3 nitrogen and oxygen atoms in total. The lowest BCUT2D eigenvalue weighted by Gasteiger charge is -2.33. The highest BCUT2D eigenvalue weighted by Crippen LogP contribution is 2.77. The van der Waals surface area contributed by atoms with Gasteiger partial charge in [-0.1, -0.05) is 0 Å². The standard InChI is InChI=1S/C11H11F6NO2/c1-4(19)8-7-6(3-18(8)5(2)20)9(7,10(12,13)14)11(15,16)17/h6-8H,3H2,1-2H3/t6?,7?,8-/m1/s1. The average Bonchev–Trinajstić information content (AvgIpc) is 2.71. The average molecular weight is 303 g/mol. The van der Waals surface area contributed by atoms with Gasteiger partial charge in [0.15, 0.2) is 11.2 Å². The summed E-state index contributed by atoms with van der Waals surface area (Å²) >= 11 is 0. The number of amides is 1. The number of nitrogens with zero attached hydrogens (tertiary/aromatic N) is 1. The number of rotatable bonds is 1. The highest BCUT2D eigenvalue weighted by atomic mass is 19.4. The van der Waals surface area contributed by atoms with E-state index in [-0.39, 0.29) is 0 Å². The topological polar surface area (TPSA) is 37.4 Å². The molecule has 1 saturated carbocycles. The predicted octanol–water partition coefficient (Wildman–Crippen LogP) is 2.16. The monoisotopic (exact) mass is 303 g/mol. The maximum atomic E-state index is 12.9. The Labute approximate surface area is 109 Å². The number of carbonyl (C=O) groups excluding carboxylic acids is 2. The molecule has 1 amide bonds. The fraction of sp³-hybridized carbons (Fsp3) is 0.818. The van der Waals surface area contributed by atoms with Crippen LogP contribution < -0.4 is 0 Å². The van der Waals surface area contributed by atoms with E-state index >= 15 is 0 Å². The second kappa shape index (κ2) is 3.88. The minimum absolute atomic E-state index is 0.691. The zero-order valence-corrected chi connectivity index (χ0v) is 10.5. The van der Waals surface area contributed by atoms with Crippen LogP contribution in [0.2, 0.25) is 0 Å². The molecule has 2 fully saturated rings. The first kappa shape index (κ1) is 15.1. The van der Waals surface area contributed by atoms with Gasteiger partial charge in [-0.2, -0.15) is 26.3 Å². The number of hydrogen-bond acceptors (Lipinski definition) is 2. The van der Waals surface area contributed by atoms with Crippen molar-refractivity contribution < 1.29 is 35.9 Å². The number of halogens is 6. The summed E-state index contributed by atoms with van der Waals surface area (Å²) in [5.74, 6) is -5.28. The first-order valence-electron chi connectivity index (χ1n) is 5.78. The van der Waals surface area contributed by atoms with Crippen LogP contribution in [-0.2, 0) is 9.59 Å². The van der Waals surface area contributed by atoms with Crippen LogP contribution in [0.4, 0.5) is 26.3 Å². The van der Waals surface area contributed by atoms with E-state index in [1.54, 1.807) is 0 Å². The number of piperidine rings is 1. The van der Waals surface area contributed by atoms with Gasteiger partial charge in [0.25, 0.3) is 0 Å². The molecule has 0 bridgehead atoms. The Hall–Kier alpha value is -1.28. The minimum atomic E-state index is -5.49. The molecule has 9 heteroatoms. The van der Waals surface area contributed by atoms with E-state index in [4.69, 9.17) is 0 Å². The van der Waals surface area contributed by atoms with Crippen LogP contribution in [-0.4, -0.2) is 41.5 Å². The lowest BCUT2D eigenvalue weighted by atomic mass is 9.93. The summed E-state index contributed by atoms with van der Waals surface area (Å²) in [5.41, 5.74) is -3.86. The quantitative estimate of drug-likeness (QED) is 0.696. The second-order valence-electron chi connectivity index (χ2n) is 5.22. The van der Waals surface area contributed by atoms with Gasteiger partial charge in [0.2, 0.25) is 5.91 Å². The molecule has 0 radical (unpaired) electrons. The van der Waals surface area contributed by atoms with Gasteiger partial charge in [-0.05, 0) is 6.92 Å². The van der Waals surface area contributed by atoms with Crippen LogP contribution in [0, 0.1) is 17.3 Å². The van der Waals surface area contributed by atoms with Crippen LogP contribution in [0.3, 0.4) is 0 Å². The zero-order valence-electron chi connectivity index (χ0n) is 10.5. The smallest absolute Gasteiger partial charge is 0.332 e. The van der Waals surface area contributed by atoms with Crippen molar-refractivity contribution in [3.05, 3.63) is 0 Å². The second-order valence-corrected chi connectivity index (χ2v) is 5.22. The third-order valence-electron chi connectivity index (χ3n) is 4.26. The van der Waals surface area contributed by atoms with Crippen LogP contribution in [0.25, 0.3) is 0 Å². The number of ketones is 1. The molecule has 2 aliphatic rings. The van der Waals surface area contributed by atoms with Gasteiger partial charge < -0.3 is 4.90 Å². The lowest BCUT2D eigenvalue weighted by Crippen LogP contribution is -2.52. The van der Waals surface area contributed by atoms with Gasteiger partial charge in [-0.3, -0.25) is 9.59 Å². The predicted molar refractivity (Wildman–Crippen MR) is 53.4 cm³/mol. The maximum Gasteiger partial charge on any atom is 0.403 e. The van der Waals surface area contributed by atoms with Gasteiger partial charge in [0.1, 0.15) is 0 Å². The van der Waals surface area contributed by atoms with Crippen LogP contribution in [0.15, 0.2) is 0 Å².